The number of hydrogen-bond acceptors (Lipinski definition) is 2. The Kier molecular flexibility index (Phi) is 3.96. The Morgan fingerprint density at radius 2 is 1.80 bits per heavy atom. The van der Waals surface area contributed by atoms with Crippen LogP contribution in [0.4, 0.5) is 14.5 Å². The van der Waals surface area contributed by atoms with Gasteiger partial charge in [-0.1, -0.05) is 17.7 Å². The summed E-state index contributed by atoms with van der Waals surface area (Å²) in [6.45, 7) is 1.64. The largest absolute Gasteiger partial charge is 0.278 e. The standard InChI is InChI=1S/C13H10ClF2NO2S/c1-8-2-4-11(16)13(6-8)20(18,19)17-12-5-3-9(15)7-10(12)14/h2-7,17H,1H3. The molecule has 2 aromatic carbocycles. The monoisotopic (exact) mass is 317 g/mol. The van der Waals surface area contributed by atoms with E-state index < -0.39 is 26.6 Å². The Bertz CT molecular complexity index is 763. The van der Waals surface area contributed by atoms with Crippen molar-refractivity contribution >= 4 is 27.3 Å². The molecule has 2 rings (SSSR count). The fourth-order valence-electron chi connectivity index (χ4n) is 1.59. The number of nitrogens with one attached hydrogen (secondary N) is 1. The van der Waals surface area contributed by atoms with E-state index in [0.717, 1.165) is 18.2 Å². The van der Waals surface area contributed by atoms with Crippen LogP contribution in [0.25, 0.3) is 0 Å². The topological polar surface area (TPSA) is 46.2 Å². The summed E-state index contributed by atoms with van der Waals surface area (Å²) in [7, 11) is -4.13. The first-order chi connectivity index (χ1) is 9.29. The predicted octanol–water partition coefficient (Wildman–Crippen LogP) is 3.73. The summed E-state index contributed by atoms with van der Waals surface area (Å²) in [5.41, 5.74) is 0.575. The molecule has 20 heavy (non-hydrogen) atoms. The lowest BCUT2D eigenvalue weighted by Crippen LogP contribution is -2.15. The minimum Gasteiger partial charge on any atom is -0.278 e. The van der Waals surface area contributed by atoms with E-state index >= 15 is 0 Å². The molecule has 0 aliphatic heterocycles. The Morgan fingerprint density at radius 1 is 1.10 bits per heavy atom. The molecule has 0 atom stereocenters. The van der Waals surface area contributed by atoms with Crippen molar-refractivity contribution in [1.29, 1.82) is 0 Å². The summed E-state index contributed by atoms with van der Waals surface area (Å²) < 4.78 is 52.9. The summed E-state index contributed by atoms with van der Waals surface area (Å²) in [6, 6.07) is 6.91. The van der Waals surface area contributed by atoms with Gasteiger partial charge in [0.05, 0.1) is 10.7 Å². The van der Waals surface area contributed by atoms with Gasteiger partial charge in [0.1, 0.15) is 16.5 Å². The molecular formula is C13H10ClF2NO2S. The number of rotatable bonds is 3. The van der Waals surface area contributed by atoms with Gasteiger partial charge in [0.2, 0.25) is 0 Å². The minimum atomic E-state index is -4.13. The molecule has 7 heteroatoms. The molecule has 0 saturated heterocycles. The van der Waals surface area contributed by atoms with Gasteiger partial charge in [-0.2, -0.15) is 0 Å². The number of hydrogen-bond donors (Lipinski definition) is 1. The van der Waals surface area contributed by atoms with Gasteiger partial charge in [-0.05, 0) is 42.8 Å². The van der Waals surface area contributed by atoms with Crippen LogP contribution in [0.1, 0.15) is 5.56 Å². The summed E-state index contributed by atoms with van der Waals surface area (Å²) in [4.78, 5) is -0.488. The zero-order valence-electron chi connectivity index (χ0n) is 10.3. The van der Waals surface area contributed by atoms with Crippen LogP contribution in [0, 0.1) is 18.6 Å². The van der Waals surface area contributed by atoms with Gasteiger partial charge in [-0.3, -0.25) is 4.72 Å². The molecule has 1 N–H and O–H groups in total. The Balaban J connectivity index is 2.43. The molecule has 0 bridgehead atoms. The third-order valence-electron chi connectivity index (χ3n) is 2.55. The molecule has 0 unspecified atom stereocenters. The van der Waals surface area contributed by atoms with Crippen molar-refractivity contribution in [3.8, 4) is 0 Å². The van der Waals surface area contributed by atoms with E-state index in [2.05, 4.69) is 4.72 Å². The quantitative estimate of drug-likeness (QED) is 0.937. The number of sulfonamides is 1. The van der Waals surface area contributed by atoms with Crippen LogP contribution in [0.2, 0.25) is 5.02 Å². The van der Waals surface area contributed by atoms with Gasteiger partial charge in [-0.25, -0.2) is 17.2 Å². The second-order valence-electron chi connectivity index (χ2n) is 4.16. The molecule has 2 aromatic rings. The van der Waals surface area contributed by atoms with E-state index in [0.29, 0.717) is 5.56 Å². The number of benzene rings is 2. The van der Waals surface area contributed by atoms with Crippen molar-refractivity contribution in [1.82, 2.24) is 0 Å². The third kappa shape index (κ3) is 3.08. The average molecular weight is 318 g/mol. The predicted molar refractivity (Wildman–Crippen MR) is 73.4 cm³/mol. The highest BCUT2D eigenvalue weighted by atomic mass is 35.5. The molecule has 0 aliphatic carbocycles. The number of anilines is 1. The lowest BCUT2D eigenvalue weighted by atomic mass is 10.2. The highest BCUT2D eigenvalue weighted by molar-refractivity contribution is 7.92. The van der Waals surface area contributed by atoms with Crippen LogP contribution in [0.15, 0.2) is 41.3 Å². The summed E-state index contributed by atoms with van der Waals surface area (Å²) in [5, 5.41) is -0.110. The summed E-state index contributed by atoms with van der Waals surface area (Å²) in [6.07, 6.45) is 0. The van der Waals surface area contributed by atoms with E-state index in [1.165, 1.54) is 18.2 Å². The molecule has 3 nitrogen and oxygen atoms in total. The van der Waals surface area contributed by atoms with Crippen molar-refractivity contribution in [2.24, 2.45) is 0 Å². The highest BCUT2D eigenvalue weighted by Gasteiger charge is 2.20. The van der Waals surface area contributed by atoms with Crippen molar-refractivity contribution in [3.05, 3.63) is 58.6 Å². The minimum absolute atomic E-state index is 0.0195. The molecule has 0 amide bonds. The highest BCUT2D eigenvalue weighted by Crippen LogP contribution is 2.26. The molecule has 0 radical (unpaired) electrons. The van der Waals surface area contributed by atoms with Gasteiger partial charge in [0.15, 0.2) is 0 Å². The normalized spacial score (nSPS) is 11.4. The van der Waals surface area contributed by atoms with Gasteiger partial charge in [0, 0.05) is 0 Å². The van der Waals surface area contributed by atoms with E-state index in [1.54, 1.807) is 6.92 Å². The molecule has 0 fully saturated rings. The van der Waals surface area contributed by atoms with Crippen LogP contribution in [0.5, 0.6) is 0 Å². The zero-order chi connectivity index (χ0) is 14.9. The van der Waals surface area contributed by atoms with Crippen LogP contribution >= 0.6 is 11.6 Å². The first-order valence-corrected chi connectivity index (χ1v) is 7.40. The Labute approximate surface area is 120 Å². The van der Waals surface area contributed by atoms with Crippen LogP contribution in [-0.2, 0) is 10.0 Å². The molecule has 106 valence electrons. The third-order valence-corrected chi connectivity index (χ3v) is 4.24. The number of aryl methyl sites for hydroxylation is 1. The molecule has 0 saturated carbocycles. The second kappa shape index (κ2) is 5.38. The van der Waals surface area contributed by atoms with Crippen LogP contribution in [0.3, 0.4) is 0 Å². The Hall–Kier alpha value is -1.66. The fourth-order valence-corrected chi connectivity index (χ4v) is 3.10. The molecule has 0 spiro atoms. The first-order valence-electron chi connectivity index (χ1n) is 5.53. The lowest BCUT2D eigenvalue weighted by molar-refractivity contribution is 0.569. The Morgan fingerprint density at radius 3 is 2.45 bits per heavy atom. The first kappa shape index (κ1) is 14.7. The van der Waals surface area contributed by atoms with Gasteiger partial charge < -0.3 is 0 Å². The second-order valence-corrected chi connectivity index (χ2v) is 6.22. The van der Waals surface area contributed by atoms with Crippen molar-refractivity contribution in [2.75, 3.05) is 4.72 Å². The SMILES string of the molecule is Cc1ccc(F)c(S(=O)(=O)Nc2ccc(F)cc2Cl)c1. The van der Waals surface area contributed by atoms with Crippen molar-refractivity contribution in [3.63, 3.8) is 0 Å². The van der Waals surface area contributed by atoms with Gasteiger partial charge in [-0.15, -0.1) is 0 Å². The molecule has 0 aromatic heterocycles. The van der Waals surface area contributed by atoms with Crippen LogP contribution < -0.4 is 4.72 Å². The van der Waals surface area contributed by atoms with Gasteiger partial charge >= 0.3 is 0 Å². The molecule has 0 aliphatic rings. The zero-order valence-corrected chi connectivity index (χ0v) is 11.9. The average Bonchev–Trinajstić information content (AvgIpc) is 2.35. The van der Waals surface area contributed by atoms with E-state index in [9.17, 15) is 17.2 Å². The lowest BCUT2D eigenvalue weighted by Gasteiger charge is -2.10. The van der Waals surface area contributed by atoms with Gasteiger partial charge in [0.25, 0.3) is 10.0 Å². The van der Waals surface area contributed by atoms with Crippen molar-refractivity contribution in [2.45, 2.75) is 11.8 Å². The molecular weight excluding hydrogens is 308 g/mol. The maximum atomic E-state index is 13.6. The van der Waals surface area contributed by atoms with Crippen LogP contribution in [-0.4, -0.2) is 8.42 Å². The van der Waals surface area contributed by atoms with E-state index in [1.807, 2.05) is 0 Å². The fraction of sp³-hybridized carbons (Fsp3) is 0.0769. The summed E-state index contributed by atoms with van der Waals surface area (Å²) >= 11 is 5.73. The summed E-state index contributed by atoms with van der Waals surface area (Å²) in [5.74, 6) is -1.47. The molecule has 0 heterocycles. The van der Waals surface area contributed by atoms with E-state index in [-0.39, 0.29) is 10.7 Å². The maximum absolute atomic E-state index is 13.6. The number of halogens is 3. The maximum Gasteiger partial charge on any atom is 0.264 e. The van der Waals surface area contributed by atoms with Crippen molar-refractivity contribution < 1.29 is 17.2 Å². The smallest absolute Gasteiger partial charge is 0.264 e. The van der Waals surface area contributed by atoms with E-state index in [4.69, 9.17) is 11.6 Å².